The highest BCUT2D eigenvalue weighted by Crippen LogP contribution is 2.15. The summed E-state index contributed by atoms with van der Waals surface area (Å²) in [6, 6.07) is 17.2. The summed E-state index contributed by atoms with van der Waals surface area (Å²) in [6.07, 6.45) is 3.11. The van der Waals surface area contributed by atoms with E-state index in [1.807, 2.05) is 12.1 Å². The van der Waals surface area contributed by atoms with Gasteiger partial charge >= 0.3 is 0 Å². The van der Waals surface area contributed by atoms with E-state index in [4.69, 9.17) is 11.6 Å². The van der Waals surface area contributed by atoms with E-state index in [0.29, 0.717) is 6.04 Å². The number of nitrogens with one attached hydrogen (secondary N) is 1. The van der Waals surface area contributed by atoms with Crippen LogP contribution in [0.15, 0.2) is 53.4 Å². The van der Waals surface area contributed by atoms with Crippen molar-refractivity contribution in [1.82, 2.24) is 5.32 Å². The van der Waals surface area contributed by atoms with Gasteiger partial charge in [0.2, 0.25) is 0 Å². The van der Waals surface area contributed by atoms with Crippen LogP contribution in [0.1, 0.15) is 18.1 Å². The molecule has 1 nitrogen and oxygen atoms in total. The molecule has 1 unspecified atom stereocenters. The van der Waals surface area contributed by atoms with Crippen molar-refractivity contribution in [1.29, 1.82) is 0 Å². The topological polar surface area (TPSA) is 12.0 Å². The second kappa shape index (κ2) is 7.72. The second-order valence-electron chi connectivity index (χ2n) is 4.96. The van der Waals surface area contributed by atoms with E-state index >= 15 is 0 Å². The minimum Gasteiger partial charge on any atom is -0.310 e. The standard InChI is InChI=1S/C17H20ClNS/c1-13(11-14-3-7-16(18)8-4-14)19-12-15-5-9-17(20-2)10-6-15/h3-10,13,19H,11-12H2,1-2H3. The molecule has 0 amide bonds. The molecule has 0 fully saturated rings. The Morgan fingerprint density at radius 1 is 1.00 bits per heavy atom. The first-order chi connectivity index (χ1) is 9.67. The van der Waals surface area contributed by atoms with Crippen LogP contribution in [-0.2, 0) is 13.0 Å². The predicted octanol–water partition coefficient (Wildman–Crippen LogP) is 4.78. The van der Waals surface area contributed by atoms with Gasteiger partial charge in [-0.1, -0.05) is 35.9 Å². The zero-order valence-electron chi connectivity index (χ0n) is 11.9. The van der Waals surface area contributed by atoms with Gasteiger partial charge < -0.3 is 5.32 Å². The van der Waals surface area contributed by atoms with Gasteiger partial charge in [0.15, 0.2) is 0 Å². The third-order valence-corrected chi connectivity index (χ3v) is 4.26. The molecule has 2 aromatic rings. The molecule has 2 rings (SSSR count). The highest BCUT2D eigenvalue weighted by atomic mass is 35.5. The van der Waals surface area contributed by atoms with Crippen molar-refractivity contribution in [2.24, 2.45) is 0 Å². The van der Waals surface area contributed by atoms with Crippen LogP contribution < -0.4 is 5.32 Å². The van der Waals surface area contributed by atoms with E-state index in [1.54, 1.807) is 11.8 Å². The molecular weight excluding hydrogens is 286 g/mol. The first kappa shape index (κ1) is 15.4. The van der Waals surface area contributed by atoms with Gasteiger partial charge in [0, 0.05) is 22.5 Å². The van der Waals surface area contributed by atoms with Crippen molar-refractivity contribution < 1.29 is 0 Å². The molecule has 106 valence electrons. The Morgan fingerprint density at radius 3 is 2.20 bits per heavy atom. The van der Waals surface area contributed by atoms with Crippen molar-refractivity contribution in [3.63, 3.8) is 0 Å². The maximum atomic E-state index is 5.90. The molecule has 0 aliphatic heterocycles. The molecule has 1 atom stereocenters. The lowest BCUT2D eigenvalue weighted by Crippen LogP contribution is -2.27. The van der Waals surface area contributed by atoms with E-state index in [0.717, 1.165) is 18.0 Å². The van der Waals surface area contributed by atoms with Crippen LogP contribution in [0.2, 0.25) is 5.02 Å². The van der Waals surface area contributed by atoms with E-state index in [9.17, 15) is 0 Å². The molecular formula is C17H20ClNS. The molecule has 1 N–H and O–H groups in total. The average molecular weight is 306 g/mol. The largest absolute Gasteiger partial charge is 0.310 e. The van der Waals surface area contributed by atoms with Gasteiger partial charge in [-0.3, -0.25) is 0 Å². The number of rotatable bonds is 6. The Kier molecular flexibility index (Phi) is 5.96. The summed E-state index contributed by atoms with van der Waals surface area (Å²) in [5.41, 5.74) is 2.64. The Labute approximate surface area is 130 Å². The molecule has 20 heavy (non-hydrogen) atoms. The summed E-state index contributed by atoms with van der Waals surface area (Å²) in [5.74, 6) is 0. The highest BCUT2D eigenvalue weighted by molar-refractivity contribution is 7.98. The number of halogens is 1. The van der Waals surface area contributed by atoms with Crippen molar-refractivity contribution in [2.45, 2.75) is 30.8 Å². The molecule has 3 heteroatoms. The summed E-state index contributed by atoms with van der Waals surface area (Å²) in [7, 11) is 0. The number of hydrogen-bond acceptors (Lipinski definition) is 2. The number of benzene rings is 2. The zero-order chi connectivity index (χ0) is 14.4. The highest BCUT2D eigenvalue weighted by Gasteiger charge is 2.03. The normalized spacial score (nSPS) is 12.3. The molecule has 0 aromatic heterocycles. The van der Waals surface area contributed by atoms with Crippen molar-refractivity contribution in [3.8, 4) is 0 Å². The SMILES string of the molecule is CSc1ccc(CNC(C)Cc2ccc(Cl)cc2)cc1. The van der Waals surface area contributed by atoms with Crippen LogP contribution in [0.3, 0.4) is 0 Å². The van der Waals surface area contributed by atoms with Gasteiger partial charge in [-0.25, -0.2) is 0 Å². The van der Waals surface area contributed by atoms with E-state index in [-0.39, 0.29) is 0 Å². The zero-order valence-corrected chi connectivity index (χ0v) is 13.5. The predicted molar refractivity (Wildman–Crippen MR) is 89.7 cm³/mol. The first-order valence-electron chi connectivity index (χ1n) is 6.78. The summed E-state index contributed by atoms with van der Waals surface area (Å²) in [4.78, 5) is 1.31. The number of thioether (sulfide) groups is 1. The molecule has 0 radical (unpaired) electrons. The lowest BCUT2D eigenvalue weighted by Gasteiger charge is -2.14. The van der Waals surface area contributed by atoms with Gasteiger partial charge in [-0.2, -0.15) is 0 Å². The monoisotopic (exact) mass is 305 g/mol. The van der Waals surface area contributed by atoms with Gasteiger partial charge in [0.25, 0.3) is 0 Å². The maximum Gasteiger partial charge on any atom is 0.0406 e. The minimum atomic E-state index is 0.441. The van der Waals surface area contributed by atoms with E-state index < -0.39 is 0 Å². The molecule has 0 bridgehead atoms. The average Bonchev–Trinajstić information content (AvgIpc) is 2.48. The van der Waals surface area contributed by atoms with Crippen molar-refractivity contribution >= 4 is 23.4 Å². The molecule has 2 aromatic carbocycles. The fraction of sp³-hybridized carbons (Fsp3) is 0.294. The van der Waals surface area contributed by atoms with E-state index in [1.165, 1.54) is 16.0 Å². The fourth-order valence-corrected chi connectivity index (χ4v) is 2.62. The lowest BCUT2D eigenvalue weighted by molar-refractivity contribution is 0.545. The molecule has 0 aliphatic rings. The summed E-state index contributed by atoms with van der Waals surface area (Å²) >= 11 is 7.67. The molecule has 0 aliphatic carbocycles. The third kappa shape index (κ3) is 4.86. The van der Waals surface area contributed by atoms with Crippen LogP contribution in [0.5, 0.6) is 0 Å². The molecule has 0 heterocycles. The van der Waals surface area contributed by atoms with Crippen LogP contribution in [0.4, 0.5) is 0 Å². The van der Waals surface area contributed by atoms with Gasteiger partial charge in [-0.15, -0.1) is 11.8 Å². The van der Waals surface area contributed by atoms with Gasteiger partial charge in [0.05, 0.1) is 0 Å². The Balaban J connectivity index is 1.82. The molecule has 0 saturated carbocycles. The van der Waals surface area contributed by atoms with Crippen LogP contribution >= 0.6 is 23.4 Å². The smallest absolute Gasteiger partial charge is 0.0406 e. The van der Waals surface area contributed by atoms with Crippen LogP contribution in [-0.4, -0.2) is 12.3 Å². The summed E-state index contributed by atoms with van der Waals surface area (Å²) in [6.45, 7) is 3.12. The Hall–Kier alpha value is -0.960. The fourth-order valence-electron chi connectivity index (χ4n) is 2.08. The van der Waals surface area contributed by atoms with Crippen LogP contribution in [0.25, 0.3) is 0 Å². The quantitative estimate of drug-likeness (QED) is 0.771. The molecule has 0 saturated heterocycles. The van der Waals surface area contributed by atoms with Crippen LogP contribution in [0, 0.1) is 0 Å². The van der Waals surface area contributed by atoms with Crippen molar-refractivity contribution in [2.75, 3.05) is 6.26 Å². The van der Waals surface area contributed by atoms with Crippen molar-refractivity contribution in [3.05, 3.63) is 64.7 Å². The minimum absolute atomic E-state index is 0.441. The summed E-state index contributed by atoms with van der Waals surface area (Å²) < 4.78 is 0. The Morgan fingerprint density at radius 2 is 1.60 bits per heavy atom. The second-order valence-corrected chi connectivity index (χ2v) is 6.28. The number of hydrogen-bond donors (Lipinski definition) is 1. The maximum absolute atomic E-state index is 5.90. The van der Waals surface area contributed by atoms with Gasteiger partial charge in [-0.05, 0) is 55.0 Å². The van der Waals surface area contributed by atoms with Gasteiger partial charge in [0.1, 0.15) is 0 Å². The molecule has 0 spiro atoms. The lowest BCUT2D eigenvalue weighted by atomic mass is 10.1. The third-order valence-electron chi connectivity index (χ3n) is 3.27. The van der Waals surface area contributed by atoms with E-state index in [2.05, 4.69) is 54.9 Å². The first-order valence-corrected chi connectivity index (χ1v) is 8.38. The Bertz CT molecular complexity index is 522. The summed E-state index contributed by atoms with van der Waals surface area (Å²) in [5, 5.41) is 4.35.